The largest absolute Gasteiger partial charge is 0.0885 e. The van der Waals surface area contributed by atoms with Crippen molar-refractivity contribution in [1.29, 1.82) is 0 Å². The van der Waals surface area contributed by atoms with Crippen molar-refractivity contribution >= 4 is 22.6 Å². The molecule has 0 radical (unpaired) electrons. The molecule has 0 nitrogen and oxygen atoms in total. The van der Waals surface area contributed by atoms with Gasteiger partial charge in [0.05, 0.1) is 0 Å². The van der Waals surface area contributed by atoms with Gasteiger partial charge in [-0.2, -0.15) is 0 Å². The second-order valence-corrected chi connectivity index (χ2v) is 3.88. The van der Waals surface area contributed by atoms with Crippen LogP contribution in [-0.2, 0) is 0 Å². The van der Waals surface area contributed by atoms with E-state index in [0.717, 1.165) is 0 Å². The summed E-state index contributed by atoms with van der Waals surface area (Å²) >= 11 is 2.44. The zero-order valence-corrected chi connectivity index (χ0v) is 9.64. The molecule has 0 fully saturated rings. The molecule has 0 heterocycles. The van der Waals surface area contributed by atoms with Crippen LogP contribution in [0.2, 0.25) is 0 Å². The molecule has 11 heavy (non-hydrogen) atoms. The monoisotopic (exact) mass is 266 g/mol. The Morgan fingerprint density at radius 3 is 2.36 bits per heavy atom. The predicted octanol–water partition coefficient (Wildman–Crippen LogP) is 4.34. The third-order valence-electron chi connectivity index (χ3n) is 1.63. The summed E-state index contributed by atoms with van der Waals surface area (Å²) in [5, 5.41) is 0. The lowest BCUT2D eigenvalue weighted by Crippen LogP contribution is -1.75. The van der Waals surface area contributed by atoms with Gasteiger partial charge in [-0.1, -0.05) is 54.5 Å². The SMILES string of the molecule is CCCC=CCCCCCI. The lowest BCUT2D eigenvalue weighted by molar-refractivity contribution is 0.737. The van der Waals surface area contributed by atoms with E-state index in [-0.39, 0.29) is 0 Å². The fraction of sp³-hybridized carbons (Fsp3) is 0.800. The van der Waals surface area contributed by atoms with Crippen molar-refractivity contribution in [2.24, 2.45) is 0 Å². The first-order chi connectivity index (χ1) is 5.41. The average molecular weight is 266 g/mol. The molecule has 0 amide bonds. The van der Waals surface area contributed by atoms with Gasteiger partial charge in [0.1, 0.15) is 0 Å². The van der Waals surface area contributed by atoms with E-state index < -0.39 is 0 Å². The van der Waals surface area contributed by atoms with Crippen molar-refractivity contribution in [3.05, 3.63) is 12.2 Å². The van der Waals surface area contributed by atoms with Crippen molar-refractivity contribution in [3.63, 3.8) is 0 Å². The zero-order valence-electron chi connectivity index (χ0n) is 7.48. The minimum Gasteiger partial charge on any atom is -0.0885 e. The molecule has 0 saturated carbocycles. The molecular weight excluding hydrogens is 247 g/mol. The highest BCUT2D eigenvalue weighted by molar-refractivity contribution is 14.1. The van der Waals surface area contributed by atoms with Gasteiger partial charge in [0, 0.05) is 0 Å². The lowest BCUT2D eigenvalue weighted by Gasteiger charge is -1.92. The molecule has 0 aliphatic rings. The van der Waals surface area contributed by atoms with Crippen molar-refractivity contribution in [1.82, 2.24) is 0 Å². The van der Waals surface area contributed by atoms with Gasteiger partial charge in [-0.15, -0.1) is 0 Å². The Labute approximate surface area is 84.6 Å². The van der Waals surface area contributed by atoms with E-state index >= 15 is 0 Å². The van der Waals surface area contributed by atoms with Gasteiger partial charge in [0.25, 0.3) is 0 Å². The maximum absolute atomic E-state index is 2.44. The van der Waals surface area contributed by atoms with Crippen LogP contribution in [0.4, 0.5) is 0 Å². The molecule has 0 bridgehead atoms. The highest BCUT2D eigenvalue weighted by atomic mass is 127. The molecule has 0 aromatic heterocycles. The molecule has 0 aliphatic carbocycles. The van der Waals surface area contributed by atoms with Gasteiger partial charge in [-0.3, -0.25) is 0 Å². The van der Waals surface area contributed by atoms with E-state index in [0.29, 0.717) is 0 Å². The lowest BCUT2D eigenvalue weighted by atomic mass is 10.2. The number of rotatable bonds is 7. The maximum atomic E-state index is 2.44. The molecular formula is C10H19I. The average Bonchev–Trinajstić information content (AvgIpc) is 2.03. The van der Waals surface area contributed by atoms with Crippen LogP contribution < -0.4 is 0 Å². The third kappa shape index (κ3) is 10.5. The minimum atomic E-state index is 1.26. The number of alkyl halides is 1. The van der Waals surface area contributed by atoms with Crippen LogP contribution in [0.25, 0.3) is 0 Å². The molecule has 0 saturated heterocycles. The first kappa shape index (κ1) is 11.5. The van der Waals surface area contributed by atoms with Crippen molar-refractivity contribution < 1.29 is 0 Å². The van der Waals surface area contributed by atoms with Crippen molar-refractivity contribution in [2.75, 3.05) is 4.43 Å². The summed E-state index contributed by atoms with van der Waals surface area (Å²) in [4.78, 5) is 0. The van der Waals surface area contributed by atoms with Gasteiger partial charge in [-0.25, -0.2) is 0 Å². The van der Waals surface area contributed by atoms with Crippen molar-refractivity contribution in [2.45, 2.75) is 45.4 Å². The first-order valence-electron chi connectivity index (χ1n) is 4.62. The van der Waals surface area contributed by atoms with E-state index in [1.54, 1.807) is 0 Å². The van der Waals surface area contributed by atoms with Crippen LogP contribution in [0.3, 0.4) is 0 Å². The highest BCUT2D eigenvalue weighted by Crippen LogP contribution is 2.03. The molecule has 0 rings (SSSR count). The topological polar surface area (TPSA) is 0 Å². The van der Waals surface area contributed by atoms with Crippen LogP contribution >= 0.6 is 22.6 Å². The third-order valence-corrected chi connectivity index (χ3v) is 2.39. The standard InChI is InChI=1S/C10H19I/c1-2-3-4-5-6-7-8-9-10-11/h4-5H,2-3,6-10H2,1H3. The van der Waals surface area contributed by atoms with Crippen LogP contribution in [0.15, 0.2) is 12.2 Å². The summed E-state index contributed by atoms with van der Waals surface area (Å²) in [5.41, 5.74) is 0. The van der Waals surface area contributed by atoms with Gasteiger partial charge >= 0.3 is 0 Å². The van der Waals surface area contributed by atoms with Crippen LogP contribution in [-0.4, -0.2) is 4.43 Å². The molecule has 1 heteroatoms. The normalized spacial score (nSPS) is 11.1. The Morgan fingerprint density at radius 1 is 1.00 bits per heavy atom. The number of hydrogen-bond acceptors (Lipinski definition) is 0. The molecule has 0 aliphatic heterocycles. The molecule has 0 atom stereocenters. The fourth-order valence-corrected chi connectivity index (χ4v) is 1.48. The molecule has 0 unspecified atom stereocenters. The van der Waals surface area contributed by atoms with Crippen LogP contribution in [0.1, 0.15) is 45.4 Å². The van der Waals surface area contributed by atoms with Crippen LogP contribution in [0.5, 0.6) is 0 Å². The molecule has 0 aromatic carbocycles. The van der Waals surface area contributed by atoms with E-state index in [1.165, 1.54) is 43.0 Å². The van der Waals surface area contributed by atoms with Crippen molar-refractivity contribution in [3.8, 4) is 0 Å². The van der Waals surface area contributed by atoms with Gasteiger partial charge < -0.3 is 0 Å². The zero-order chi connectivity index (χ0) is 8.36. The second kappa shape index (κ2) is 10.5. The Balaban J connectivity index is 2.89. The number of halogens is 1. The molecule has 0 spiro atoms. The van der Waals surface area contributed by atoms with E-state index in [9.17, 15) is 0 Å². The maximum Gasteiger partial charge on any atom is -0.000473 e. The fourth-order valence-electron chi connectivity index (χ4n) is 0.936. The summed E-state index contributed by atoms with van der Waals surface area (Å²) in [6, 6.07) is 0. The summed E-state index contributed by atoms with van der Waals surface area (Å²) in [6.07, 6.45) is 12.6. The summed E-state index contributed by atoms with van der Waals surface area (Å²) in [7, 11) is 0. The quantitative estimate of drug-likeness (QED) is 0.278. The molecule has 66 valence electrons. The smallest absolute Gasteiger partial charge is 0.000473 e. The van der Waals surface area contributed by atoms with Crippen LogP contribution in [0, 0.1) is 0 Å². The Morgan fingerprint density at radius 2 is 1.73 bits per heavy atom. The number of unbranched alkanes of at least 4 members (excludes halogenated alkanes) is 4. The van der Waals surface area contributed by atoms with E-state index in [2.05, 4.69) is 41.7 Å². The van der Waals surface area contributed by atoms with Gasteiger partial charge in [-0.05, 0) is 30.1 Å². The molecule has 0 N–H and O–H groups in total. The minimum absolute atomic E-state index is 1.26. The number of hydrogen-bond donors (Lipinski definition) is 0. The van der Waals surface area contributed by atoms with E-state index in [1.807, 2.05) is 0 Å². The van der Waals surface area contributed by atoms with Gasteiger partial charge in [0.2, 0.25) is 0 Å². The summed E-state index contributed by atoms with van der Waals surface area (Å²) in [6.45, 7) is 2.22. The van der Waals surface area contributed by atoms with E-state index in [4.69, 9.17) is 0 Å². The first-order valence-corrected chi connectivity index (χ1v) is 6.15. The van der Waals surface area contributed by atoms with Gasteiger partial charge in [0.15, 0.2) is 0 Å². The number of allylic oxidation sites excluding steroid dienone is 2. The Bertz CT molecular complexity index is 86.9. The second-order valence-electron chi connectivity index (χ2n) is 2.80. The predicted molar refractivity (Wildman–Crippen MR) is 61.4 cm³/mol. The summed E-state index contributed by atoms with van der Waals surface area (Å²) in [5.74, 6) is 0. The molecule has 0 aromatic rings. The Hall–Kier alpha value is 0.470. The Kier molecular flexibility index (Phi) is 10.9. The highest BCUT2D eigenvalue weighted by Gasteiger charge is 1.84. The summed E-state index contributed by atoms with van der Waals surface area (Å²) < 4.78 is 1.32.